The number of aryl methyl sites for hydroxylation is 2. The van der Waals surface area contributed by atoms with E-state index in [1.165, 1.54) is 18.3 Å². The first-order chi connectivity index (χ1) is 12.8. The van der Waals surface area contributed by atoms with Crippen LogP contribution in [0.25, 0.3) is 10.8 Å². The number of aromatic nitrogens is 1. The van der Waals surface area contributed by atoms with Gasteiger partial charge in [0.05, 0.1) is 11.7 Å². The summed E-state index contributed by atoms with van der Waals surface area (Å²) < 4.78 is 5.59. The third kappa shape index (κ3) is 4.43. The summed E-state index contributed by atoms with van der Waals surface area (Å²) in [7, 11) is 0. The number of hydrogen-bond acceptors (Lipinski definition) is 5. The van der Waals surface area contributed by atoms with Crippen LogP contribution in [0.3, 0.4) is 0 Å². The lowest BCUT2D eigenvalue weighted by atomic mass is 10.1. The Balaban J connectivity index is 1.75. The van der Waals surface area contributed by atoms with Gasteiger partial charge >= 0.3 is 0 Å². The van der Waals surface area contributed by atoms with E-state index >= 15 is 0 Å². The van der Waals surface area contributed by atoms with E-state index in [1.54, 1.807) is 0 Å². The summed E-state index contributed by atoms with van der Waals surface area (Å²) in [6, 6.07) is 10.9. The maximum absolute atomic E-state index is 12.7. The van der Waals surface area contributed by atoms with Gasteiger partial charge in [0.2, 0.25) is 5.91 Å². The van der Waals surface area contributed by atoms with Crippen LogP contribution in [-0.4, -0.2) is 16.8 Å². The molecule has 1 atom stereocenters. The highest BCUT2D eigenvalue weighted by Crippen LogP contribution is 2.29. The molecule has 0 spiro atoms. The summed E-state index contributed by atoms with van der Waals surface area (Å²) in [5.41, 5.74) is 2.27. The fourth-order valence-electron chi connectivity index (χ4n) is 2.70. The minimum atomic E-state index is -0.220. The smallest absolute Gasteiger partial charge is 0.263 e. The van der Waals surface area contributed by atoms with Crippen molar-refractivity contribution in [2.75, 3.05) is 5.32 Å². The van der Waals surface area contributed by atoms with E-state index in [0.29, 0.717) is 27.0 Å². The molecular formula is C20H21N3O3S. The van der Waals surface area contributed by atoms with Crippen LogP contribution in [0.15, 0.2) is 40.8 Å². The first kappa shape index (κ1) is 18.8. The number of carbonyl (C=O) groups is 2. The summed E-state index contributed by atoms with van der Waals surface area (Å²) in [5.74, 6) is 1.15. The maximum Gasteiger partial charge on any atom is 0.263 e. The molecule has 6 nitrogen and oxygen atoms in total. The molecule has 2 heterocycles. The SMILES string of the molecule is CC(=O)Nc1cccc(C(C)NC(=O)c2sc(-c3ccc(C)o3)nc2C)c1. The second-order valence-electron chi connectivity index (χ2n) is 6.35. The molecule has 1 aromatic carbocycles. The Hall–Kier alpha value is -2.93. The van der Waals surface area contributed by atoms with Crippen LogP contribution < -0.4 is 10.6 Å². The first-order valence-electron chi connectivity index (χ1n) is 8.56. The second kappa shape index (κ2) is 7.75. The molecule has 0 saturated carbocycles. The molecule has 0 radical (unpaired) electrons. The lowest BCUT2D eigenvalue weighted by Crippen LogP contribution is -2.26. The van der Waals surface area contributed by atoms with Crippen molar-refractivity contribution in [1.29, 1.82) is 0 Å². The molecule has 0 bridgehead atoms. The molecule has 0 aliphatic rings. The molecule has 27 heavy (non-hydrogen) atoms. The monoisotopic (exact) mass is 383 g/mol. The number of thiazole rings is 1. The number of furan rings is 1. The molecule has 0 saturated heterocycles. The van der Waals surface area contributed by atoms with Gasteiger partial charge in [0.15, 0.2) is 10.8 Å². The topological polar surface area (TPSA) is 84.2 Å². The van der Waals surface area contributed by atoms with Crippen LogP contribution >= 0.6 is 11.3 Å². The highest BCUT2D eigenvalue weighted by molar-refractivity contribution is 7.17. The first-order valence-corrected chi connectivity index (χ1v) is 9.38. The predicted molar refractivity (Wildman–Crippen MR) is 106 cm³/mol. The fourth-order valence-corrected chi connectivity index (χ4v) is 3.63. The van der Waals surface area contributed by atoms with Crippen molar-refractivity contribution in [3.63, 3.8) is 0 Å². The number of nitrogens with one attached hydrogen (secondary N) is 2. The van der Waals surface area contributed by atoms with Crippen LogP contribution in [0.1, 0.15) is 46.6 Å². The number of nitrogens with zero attached hydrogens (tertiary/aromatic N) is 1. The molecule has 2 N–H and O–H groups in total. The third-order valence-corrected chi connectivity index (χ3v) is 5.18. The standard InChI is InChI=1S/C20H21N3O3S/c1-11-8-9-17(26-11)20-22-13(3)18(27-20)19(25)21-12(2)15-6-5-7-16(10-15)23-14(4)24/h5-10,12H,1-4H3,(H,21,25)(H,23,24). The Morgan fingerprint density at radius 2 is 1.96 bits per heavy atom. The second-order valence-corrected chi connectivity index (χ2v) is 7.34. The van der Waals surface area contributed by atoms with Crippen molar-refractivity contribution >= 4 is 28.8 Å². The number of amides is 2. The number of hydrogen-bond donors (Lipinski definition) is 2. The molecule has 0 aliphatic heterocycles. The number of carbonyl (C=O) groups excluding carboxylic acids is 2. The van der Waals surface area contributed by atoms with E-state index < -0.39 is 0 Å². The summed E-state index contributed by atoms with van der Waals surface area (Å²) in [6.45, 7) is 7.04. The van der Waals surface area contributed by atoms with Gasteiger partial charge < -0.3 is 15.1 Å². The lowest BCUT2D eigenvalue weighted by Gasteiger charge is -2.15. The van der Waals surface area contributed by atoms with E-state index in [-0.39, 0.29) is 17.9 Å². The van der Waals surface area contributed by atoms with Gasteiger partial charge in [-0.1, -0.05) is 12.1 Å². The Morgan fingerprint density at radius 1 is 1.19 bits per heavy atom. The predicted octanol–water partition coefficient (Wildman–Crippen LogP) is 4.47. The Labute approximate surface area is 161 Å². The van der Waals surface area contributed by atoms with Crippen molar-refractivity contribution in [1.82, 2.24) is 10.3 Å². The molecule has 2 amide bonds. The molecule has 140 valence electrons. The van der Waals surface area contributed by atoms with Crippen LogP contribution in [0, 0.1) is 13.8 Å². The Bertz CT molecular complexity index is 990. The van der Waals surface area contributed by atoms with E-state index in [1.807, 2.05) is 57.2 Å². The van der Waals surface area contributed by atoms with E-state index in [9.17, 15) is 9.59 Å². The zero-order valence-corrected chi connectivity index (χ0v) is 16.4. The molecule has 0 aliphatic carbocycles. The quantitative estimate of drug-likeness (QED) is 0.681. The molecular weight excluding hydrogens is 362 g/mol. The maximum atomic E-state index is 12.7. The normalized spacial score (nSPS) is 11.9. The summed E-state index contributed by atoms with van der Waals surface area (Å²) >= 11 is 1.31. The minimum Gasteiger partial charge on any atom is -0.459 e. The molecule has 3 rings (SSSR count). The molecule has 7 heteroatoms. The van der Waals surface area contributed by atoms with Gasteiger partial charge in [0.1, 0.15) is 10.6 Å². The number of rotatable bonds is 5. The molecule has 0 fully saturated rings. The highest BCUT2D eigenvalue weighted by atomic mass is 32.1. The van der Waals surface area contributed by atoms with Gasteiger partial charge in [-0.2, -0.15) is 0 Å². The fraction of sp³-hybridized carbons (Fsp3) is 0.250. The number of benzene rings is 1. The average Bonchev–Trinajstić information content (AvgIpc) is 3.20. The Kier molecular flexibility index (Phi) is 5.41. The summed E-state index contributed by atoms with van der Waals surface area (Å²) in [6.07, 6.45) is 0. The van der Waals surface area contributed by atoms with Crippen molar-refractivity contribution in [3.05, 3.63) is 58.3 Å². The van der Waals surface area contributed by atoms with Gasteiger partial charge in [0.25, 0.3) is 5.91 Å². The zero-order valence-electron chi connectivity index (χ0n) is 15.6. The summed E-state index contributed by atoms with van der Waals surface area (Å²) in [5, 5.41) is 6.43. The molecule has 2 aromatic heterocycles. The lowest BCUT2D eigenvalue weighted by molar-refractivity contribution is -0.114. The van der Waals surface area contributed by atoms with Crippen LogP contribution in [0.4, 0.5) is 5.69 Å². The average molecular weight is 383 g/mol. The number of anilines is 1. The van der Waals surface area contributed by atoms with Crippen LogP contribution in [0.5, 0.6) is 0 Å². The largest absolute Gasteiger partial charge is 0.459 e. The van der Waals surface area contributed by atoms with E-state index in [0.717, 1.165) is 11.3 Å². The van der Waals surface area contributed by atoms with Crippen molar-refractivity contribution in [2.24, 2.45) is 0 Å². The van der Waals surface area contributed by atoms with Crippen molar-refractivity contribution < 1.29 is 14.0 Å². The van der Waals surface area contributed by atoms with Crippen molar-refractivity contribution in [3.8, 4) is 10.8 Å². The third-order valence-electron chi connectivity index (χ3n) is 4.01. The minimum absolute atomic E-state index is 0.134. The van der Waals surface area contributed by atoms with Crippen LogP contribution in [0.2, 0.25) is 0 Å². The van der Waals surface area contributed by atoms with Gasteiger partial charge in [-0.25, -0.2) is 4.98 Å². The van der Waals surface area contributed by atoms with Gasteiger partial charge in [-0.15, -0.1) is 11.3 Å². The summed E-state index contributed by atoms with van der Waals surface area (Å²) in [4.78, 5) is 29.0. The molecule has 1 unspecified atom stereocenters. The molecule has 3 aromatic rings. The van der Waals surface area contributed by atoms with Gasteiger partial charge in [0, 0.05) is 12.6 Å². The zero-order chi connectivity index (χ0) is 19.6. The van der Waals surface area contributed by atoms with E-state index in [2.05, 4.69) is 15.6 Å². The highest BCUT2D eigenvalue weighted by Gasteiger charge is 2.20. The van der Waals surface area contributed by atoms with E-state index in [4.69, 9.17) is 4.42 Å². The van der Waals surface area contributed by atoms with Gasteiger partial charge in [-0.05, 0) is 50.6 Å². The van der Waals surface area contributed by atoms with Gasteiger partial charge in [-0.3, -0.25) is 9.59 Å². The van der Waals surface area contributed by atoms with Crippen LogP contribution in [-0.2, 0) is 4.79 Å². The Morgan fingerprint density at radius 3 is 2.63 bits per heavy atom. The van der Waals surface area contributed by atoms with Crippen molar-refractivity contribution in [2.45, 2.75) is 33.7 Å².